The number of methoxy groups -OCH3 is 1. The lowest BCUT2D eigenvalue weighted by Gasteiger charge is -2.07. The predicted molar refractivity (Wildman–Crippen MR) is 61.6 cm³/mol. The molecule has 2 rings (SSSR count). The van der Waals surface area contributed by atoms with E-state index in [-0.39, 0.29) is 18.8 Å². The molecule has 0 saturated heterocycles. The molecule has 0 bridgehead atoms. The van der Waals surface area contributed by atoms with Gasteiger partial charge in [0.2, 0.25) is 0 Å². The number of carbonyl (C=O) groups is 1. The van der Waals surface area contributed by atoms with Crippen molar-refractivity contribution in [2.45, 2.75) is 12.5 Å². The molecule has 6 heteroatoms. The van der Waals surface area contributed by atoms with Gasteiger partial charge in [0.15, 0.2) is 10.7 Å². The van der Waals surface area contributed by atoms with Crippen molar-refractivity contribution < 1.29 is 9.53 Å². The number of rotatable bonds is 5. The van der Waals surface area contributed by atoms with Gasteiger partial charge in [-0.1, -0.05) is 0 Å². The molecule has 0 spiro atoms. The summed E-state index contributed by atoms with van der Waals surface area (Å²) in [6.07, 6.45) is 4.03. The molecular formula is C10H13N3O2S. The van der Waals surface area contributed by atoms with Crippen LogP contribution in [0.3, 0.4) is 0 Å². The predicted octanol–water partition coefficient (Wildman–Crippen LogP) is 0.481. The number of nitrogens with zero attached hydrogens (tertiary/aromatic N) is 2. The smallest absolute Gasteiger partial charge is 0.193 e. The van der Waals surface area contributed by atoms with E-state index in [1.54, 1.807) is 0 Å². The molecule has 2 aromatic heterocycles. The van der Waals surface area contributed by atoms with Crippen LogP contribution < -0.4 is 5.73 Å². The topological polar surface area (TPSA) is 69.6 Å². The summed E-state index contributed by atoms with van der Waals surface area (Å²) in [6.45, 7) is 0.251. The highest BCUT2D eigenvalue weighted by molar-refractivity contribution is 7.15. The average molecular weight is 239 g/mol. The van der Waals surface area contributed by atoms with Crippen LogP contribution in [0.25, 0.3) is 4.96 Å². The molecule has 0 radical (unpaired) electrons. The molecule has 0 aliphatic rings. The molecule has 0 fully saturated rings. The molecule has 5 nitrogen and oxygen atoms in total. The fourth-order valence-electron chi connectivity index (χ4n) is 1.44. The lowest BCUT2D eigenvalue weighted by molar-refractivity contribution is -0.120. The molecule has 0 saturated carbocycles. The van der Waals surface area contributed by atoms with Gasteiger partial charge in [0.1, 0.15) is 0 Å². The van der Waals surface area contributed by atoms with Crippen molar-refractivity contribution in [3.05, 3.63) is 23.5 Å². The summed E-state index contributed by atoms with van der Waals surface area (Å²) in [5.74, 6) is -0.0485. The molecule has 86 valence electrons. The number of ether oxygens (including phenoxy) is 1. The van der Waals surface area contributed by atoms with Crippen molar-refractivity contribution >= 4 is 22.1 Å². The third kappa shape index (κ3) is 2.29. The minimum atomic E-state index is -0.565. The summed E-state index contributed by atoms with van der Waals surface area (Å²) in [5, 5.41) is 1.95. The summed E-state index contributed by atoms with van der Waals surface area (Å²) >= 11 is 1.54. The van der Waals surface area contributed by atoms with E-state index in [1.807, 2.05) is 22.2 Å². The Morgan fingerprint density at radius 1 is 1.75 bits per heavy atom. The lowest BCUT2D eigenvalue weighted by Crippen LogP contribution is -2.36. The summed E-state index contributed by atoms with van der Waals surface area (Å²) in [4.78, 5) is 16.9. The van der Waals surface area contributed by atoms with Gasteiger partial charge in [-0.2, -0.15) is 0 Å². The molecule has 0 aliphatic heterocycles. The maximum Gasteiger partial charge on any atom is 0.193 e. The van der Waals surface area contributed by atoms with Crippen LogP contribution in [0.15, 0.2) is 17.8 Å². The zero-order valence-corrected chi connectivity index (χ0v) is 9.74. The molecule has 0 aliphatic carbocycles. The Kier molecular flexibility index (Phi) is 3.33. The third-order valence-electron chi connectivity index (χ3n) is 2.26. The Hall–Kier alpha value is -1.24. The second-order valence-electron chi connectivity index (χ2n) is 3.53. The van der Waals surface area contributed by atoms with Crippen LogP contribution in [0, 0.1) is 0 Å². The number of fused-ring (bicyclic) bond motifs is 1. The molecule has 2 heterocycles. The number of Topliss-reactive ketones (excluding diaryl/α,β-unsaturated/α-hetero) is 1. The maximum atomic E-state index is 11.7. The molecule has 2 N–H and O–H groups in total. The van der Waals surface area contributed by atoms with Crippen LogP contribution >= 0.6 is 11.3 Å². The van der Waals surface area contributed by atoms with Crippen LogP contribution in [0.2, 0.25) is 0 Å². The van der Waals surface area contributed by atoms with E-state index in [0.29, 0.717) is 0 Å². The highest BCUT2D eigenvalue weighted by Gasteiger charge is 2.15. The number of carbonyl (C=O) groups excluding carboxylic acids is 1. The first-order valence-corrected chi connectivity index (χ1v) is 5.77. The van der Waals surface area contributed by atoms with E-state index in [0.717, 1.165) is 10.7 Å². The number of hydrogen-bond donors (Lipinski definition) is 1. The molecule has 0 aromatic carbocycles. The molecule has 16 heavy (non-hydrogen) atoms. The van der Waals surface area contributed by atoms with E-state index in [9.17, 15) is 4.79 Å². The van der Waals surface area contributed by atoms with Crippen LogP contribution in [0.1, 0.15) is 5.69 Å². The second kappa shape index (κ2) is 4.73. The normalized spacial score (nSPS) is 13.1. The van der Waals surface area contributed by atoms with Gasteiger partial charge in [-0.15, -0.1) is 11.3 Å². The third-order valence-corrected chi connectivity index (χ3v) is 3.03. The average Bonchev–Trinajstić information content (AvgIpc) is 2.78. The highest BCUT2D eigenvalue weighted by Crippen LogP contribution is 2.12. The van der Waals surface area contributed by atoms with Crippen LogP contribution in [0.5, 0.6) is 0 Å². The zero-order chi connectivity index (χ0) is 11.5. The Balaban J connectivity index is 2.04. The second-order valence-corrected chi connectivity index (χ2v) is 4.40. The first-order valence-electron chi connectivity index (χ1n) is 4.89. The number of thiazole rings is 1. The van der Waals surface area contributed by atoms with Gasteiger partial charge >= 0.3 is 0 Å². The minimum Gasteiger partial charge on any atom is -0.383 e. The molecule has 0 amide bonds. The van der Waals surface area contributed by atoms with E-state index in [1.165, 1.54) is 18.4 Å². The van der Waals surface area contributed by atoms with Gasteiger partial charge in [-0.25, -0.2) is 4.98 Å². The summed E-state index contributed by atoms with van der Waals surface area (Å²) in [7, 11) is 1.53. The molecule has 1 unspecified atom stereocenters. The summed E-state index contributed by atoms with van der Waals surface area (Å²) in [5.41, 5.74) is 6.39. The monoisotopic (exact) mass is 239 g/mol. The van der Waals surface area contributed by atoms with Gasteiger partial charge < -0.3 is 10.5 Å². The van der Waals surface area contributed by atoms with Gasteiger partial charge in [-0.3, -0.25) is 9.20 Å². The van der Waals surface area contributed by atoms with E-state index in [2.05, 4.69) is 4.98 Å². The van der Waals surface area contributed by atoms with Crippen molar-refractivity contribution in [1.82, 2.24) is 9.38 Å². The number of nitrogens with two attached hydrogens (primary N) is 1. The van der Waals surface area contributed by atoms with Gasteiger partial charge in [0.25, 0.3) is 0 Å². The number of hydrogen-bond acceptors (Lipinski definition) is 5. The Morgan fingerprint density at radius 2 is 2.56 bits per heavy atom. The fourth-order valence-corrected chi connectivity index (χ4v) is 2.16. The van der Waals surface area contributed by atoms with E-state index >= 15 is 0 Å². The van der Waals surface area contributed by atoms with Gasteiger partial charge in [0, 0.05) is 24.9 Å². The quantitative estimate of drug-likeness (QED) is 0.824. The van der Waals surface area contributed by atoms with Crippen molar-refractivity contribution in [1.29, 1.82) is 0 Å². The SMILES string of the molecule is COCC(N)C(=O)Cc1cn2ccsc2n1. The largest absolute Gasteiger partial charge is 0.383 e. The summed E-state index contributed by atoms with van der Waals surface area (Å²) in [6, 6.07) is -0.565. The van der Waals surface area contributed by atoms with Crippen molar-refractivity contribution in [3.8, 4) is 0 Å². The Bertz CT molecular complexity index is 462. The van der Waals surface area contributed by atoms with E-state index in [4.69, 9.17) is 10.5 Å². The fraction of sp³-hybridized carbons (Fsp3) is 0.400. The van der Waals surface area contributed by atoms with Gasteiger partial charge in [-0.05, 0) is 0 Å². The minimum absolute atomic E-state index is 0.0485. The maximum absolute atomic E-state index is 11.7. The van der Waals surface area contributed by atoms with Crippen LogP contribution in [-0.2, 0) is 16.0 Å². The first kappa shape index (κ1) is 11.3. The molecular weight excluding hydrogens is 226 g/mol. The number of ketones is 1. The Morgan fingerprint density at radius 3 is 3.25 bits per heavy atom. The lowest BCUT2D eigenvalue weighted by atomic mass is 10.1. The zero-order valence-electron chi connectivity index (χ0n) is 8.92. The van der Waals surface area contributed by atoms with Crippen molar-refractivity contribution in [3.63, 3.8) is 0 Å². The van der Waals surface area contributed by atoms with Crippen LogP contribution in [-0.4, -0.2) is 34.9 Å². The number of aromatic nitrogens is 2. The van der Waals surface area contributed by atoms with Crippen molar-refractivity contribution in [2.75, 3.05) is 13.7 Å². The van der Waals surface area contributed by atoms with Crippen LogP contribution in [0.4, 0.5) is 0 Å². The van der Waals surface area contributed by atoms with E-state index < -0.39 is 6.04 Å². The highest BCUT2D eigenvalue weighted by atomic mass is 32.1. The standard InChI is InChI=1S/C10H13N3O2S/c1-15-6-8(11)9(14)4-7-5-13-2-3-16-10(13)12-7/h2-3,5,8H,4,6,11H2,1H3. The van der Waals surface area contributed by atoms with Gasteiger partial charge in [0.05, 0.1) is 24.8 Å². The molecule has 1 atom stereocenters. The molecule has 2 aromatic rings. The Labute approximate surface area is 96.8 Å². The summed E-state index contributed by atoms with van der Waals surface area (Å²) < 4.78 is 6.73. The van der Waals surface area contributed by atoms with Crippen molar-refractivity contribution in [2.24, 2.45) is 5.73 Å². The first-order chi connectivity index (χ1) is 7.70. The number of imidazole rings is 1.